The van der Waals surface area contributed by atoms with Crippen LogP contribution in [0.5, 0.6) is 0 Å². The molecular formula is C24H26ClN5O3S. The Morgan fingerprint density at radius 1 is 1.15 bits per heavy atom. The highest BCUT2D eigenvalue weighted by atomic mass is 35.5. The number of piperidine rings is 1. The first-order valence-corrected chi connectivity index (χ1v) is 13.3. The van der Waals surface area contributed by atoms with Crippen molar-refractivity contribution in [2.45, 2.75) is 25.2 Å². The zero-order valence-corrected chi connectivity index (χ0v) is 20.4. The summed E-state index contributed by atoms with van der Waals surface area (Å²) in [6.45, 7) is 3.17. The topological polar surface area (TPSA) is 98.4 Å². The number of aromatic nitrogens is 2. The Labute approximate surface area is 204 Å². The first kappa shape index (κ1) is 22.7. The second-order valence-corrected chi connectivity index (χ2v) is 11.4. The molecule has 3 heterocycles. The second-order valence-electron chi connectivity index (χ2n) is 8.80. The van der Waals surface area contributed by atoms with Gasteiger partial charge in [-0.2, -0.15) is 5.10 Å². The normalized spacial score (nSPS) is 17.1. The molecule has 0 atom stereocenters. The van der Waals surface area contributed by atoms with Crippen LogP contribution in [0.15, 0.2) is 54.6 Å². The highest BCUT2D eigenvalue weighted by Crippen LogP contribution is 2.48. The smallest absolute Gasteiger partial charge is 0.323 e. The van der Waals surface area contributed by atoms with E-state index >= 15 is 0 Å². The number of hydrogen-bond acceptors (Lipinski definition) is 4. The Morgan fingerprint density at radius 2 is 1.85 bits per heavy atom. The number of para-hydroxylation sites is 1. The summed E-state index contributed by atoms with van der Waals surface area (Å²) in [5, 5.41) is 10.7. The molecule has 0 saturated carbocycles. The van der Waals surface area contributed by atoms with E-state index in [9.17, 15) is 13.2 Å². The average molecular weight is 500 g/mol. The monoisotopic (exact) mass is 499 g/mol. The summed E-state index contributed by atoms with van der Waals surface area (Å²) < 4.78 is 27.0. The standard InChI is InChI=1S/C24H26ClN5O3S/c1-2-34(32,33)30-16-24(19-5-3-4-6-21(19)30)11-13-29(14-12-24)23(31)26-22-15-20(27-28-22)17-7-9-18(25)10-8-17/h3-10,15H,2,11-14,16H2,1H3,(H2,26,27,28,31). The molecule has 5 rings (SSSR count). The first-order valence-electron chi connectivity index (χ1n) is 11.3. The SMILES string of the molecule is CCS(=O)(=O)N1CC2(CCN(C(=O)Nc3cc(-c4ccc(Cl)cc4)[nH]n3)CC2)c2ccccc21. The minimum atomic E-state index is -3.36. The molecule has 1 aromatic heterocycles. The van der Waals surface area contributed by atoms with Crippen molar-refractivity contribution >= 4 is 39.2 Å². The number of amides is 2. The zero-order valence-electron chi connectivity index (χ0n) is 18.8. The summed E-state index contributed by atoms with van der Waals surface area (Å²) >= 11 is 5.95. The highest BCUT2D eigenvalue weighted by molar-refractivity contribution is 7.92. The van der Waals surface area contributed by atoms with Crippen molar-refractivity contribution in [3.8, 4) is 11.3 Å². The van der Waals surface area contributed by atoms with Gasteiger partial charge in [-0.05, 0) is 49.1 Å². The minimum Gasteiger partial charge on any atom is -0.324 e. The summed E-state index contributed by atoms with van der Waals surface area (Å²) in [5.41, 5.74) is 3.26. The maximum absolute atomic E-state index is 12.9. The van der Waals surface area contributed by atoms with Crippen LogP contribution in [0.4, 0.5) is 16.3 Å². The van der Waals surface area contributed by atoms with E-state index in [2.05, 4.69) is 15.5 Å². The molecule has 0 radical (unpaired) electrons. The zero-order chi connectivity index (χ0) is 23.9. The van der Waals surface area contributed by atoms with Crippen LogP contribution in [0.3, 0.4) is 0 Å². The molecule has 3 aromatic rings. The van der Waals surface area contributed by atoms with Gasteiger partial charge in [-0.25, -0.2) is 13.2 Å². The molecule has 2 aliphatic rings. The van der Waals surface area contributed by atoms with Crippen molar-refractivity contribution in [1.82, 2.24) is 15.1 Å². The van der Waals surface area contributed by atoms with Crippen LogP contribution in [-0.4, -0.2) is 54.9 Å². The molecule has 1 spiro atoms. The Balaban J connectivity index is 1.27. The number of carbonyl (C=O) groups excluding carboxylic acids is 1. The van der Waals surface area contributed by atoms with E-state index in [1.54, 1.807) is 34.3 Å². The lowest BCUT2D eigenvalue weighted by molar-refractivity contribution is 0.173. The van der Waals surface area contributed by atoms with Gasteiger partial charge in [0, 0.05) is 36.1 Å². The number of fused-ring (bicyclic) bond motifs is 2. The number of urea groups is 1. The van der Waals surface area contributed by atoms with E-state index in [0.29, 0.717) is 43.3 Å². The number of benzene rings is 2. The molecule has 0 bridgehead atoms. The molecule has 8 nitrogen and oxygen atoms in total. The molecule has 0 unspecified atom stereocenters. The summed E-state index contributed by atoms with van der Waals surface area (Å²) in [6.07, 6.45) is 1.40. The minimum absolute atomic E-state index is 0.0631. The third kappa shape index (κ3) is 4.03. The third-order valence-corrected chi connectivity index (χ3v) is 8.85. The number of likely N-dealkylation sites (tertiary alicyclic amines) is 1. The van der Waals surface area contributed by atoms with Gasteiger partial charge in [-0.1, -0.05) is 41.9 Å². The molecule has 2 aliphatic heterocycles. The van der Waals surface area contributed by atoms with E-state index in [1.165, 1.54) is 0 Å². The molecule has 10 heteroatoms. The van der Waals surface area contributed by atoms with Crippen LogP contribution in [0.1, 0.15) is 25.3 Å². The Morgan fingerprint density at radius 3 is 2.56 bits per heavy atom. The largest absolute Gasteiger partial charge is 0.324 e. The number of halogens is 1. The Kier molecular flexibility index (Phi) is 5.77. The number of hydrogen-bond donors (Lipinski definition) is 2. The van der Waals surface area contributed by atoms with Gasteiger partial charge in [0.1, 0.15) is 0 Å². The lowest BCUT2D eigenvalue weighted by atomic mass is 9.74. The van der Waals surface area contributed by atoms with Crippen molar-refractivity contribution in [3.63, 3.8) is 0 Å². The number of sulfonamides is 1. The lowest BCUT2D eigenvalue weighted by Gasteiger charge is -2.39. The van der Waals surface area contributed by atoms with E-state index in [0.717, 1.165) is 22.5 Å². The molecule has 178 valence electrons. The van der Waals surface area contributed by atoms with Crippen LogP contribution < -0.4 is 9.62 Å². The predicted octanol–water partition coefficient (Wildman–Crippen LogP) is 4.47. The lowest BCUT2D eigenvalue weighted by Crippen LogP contribution is -2.49. The summed E-state index contributed by atoms with van der Waals surface area (Å²) in [4.78, 5) is 14.7. The summed E-state index contributed by atoms with van der Waals surface area (Å²) in [6, 6.07) is 16.7. The van der Waals surface area contributed by atoms with E-state index in [-0.39, 0.29) is 17.2 Å². The molecule has 1 saturated heterocycles. The van der Waals surface area contributed by atoms with Gasteiger partial charge in [-0.15, -0.1) is 0 Å². The quantitative estimate of drug-likeness (QED) is 0.553. The van der Waals surface area contributed by atoms with E-state index in [1.807, 2.05) is 36.4 Å². The Hall–Kier alpha value is -3.04. The fraction of sp³-hybridized carbons (Fsp3) is 0.333. The average Bonchev–Trinajstić information content (AvgIpc) is 3.44. The van der Waals surface area contributed by atoms with Gasteiger partial charge in [0.15, 0.2) is 5.82 Å². The van der Waals surface area contributed by atoms with Crippen LogP contribution in [0.25, 0.3) is 11.3 Å². The van der Waals surface area contributed by atoms with Gasteiger partial charge in [0.05, 0.1) is 17.1 Å². The molecule has 2 aromatic carbocycles. The van der Waals surface area contributed by atoms with Crippen molar-refractivity contribution in [1.29, 1.82) is 0 Å². The van der Waals surface area contributed by atoms with Crippen molar-refractivity contribution in [2.75, 3.05) is 35.0 Å². The van der Waals surface area contributed by atoms with Crippen LogP contribution in [0, 0.1) is 0 Å². The van der Waals surface area contributed by atoms with Crippen LogP contribution >= 0.6 is 11.6 Å². The number of rotatable bonds is 4. The number of nitrogens with zero attached hydrogens (tertiary/aromatic N) is 3. The molecule has 34 heavy (non-hydrogen) atoms. The van der Waals surface area contributed by atoms with Gasteiger partial charge >= 0.3 is 6.03 Å². The van der Waals surface area contributed by atoms with Crippen molar-refractivity contribution in [3.05, 3.63) is 65.2 Å². The van der Waals surface area contributed by atoms with Gasteiger partial charge in [0.2, 0.25) is 10.0 Å². The van der Waals surface area contributed by atoms with Crippen LogP contribution in [-0.2, 0) is 15.4 Å². The number of anilines is 2. The summed E-state index contributed by atoms with van der Waals surface area (Å²) in [7, 11) is -3.36. The Bertz CT molecular complexity index is 1310. The van der Waals surface area contributed by atoms with Crippen molar-refractivity contribution < 1.29 is 13.2 Å². The fourth-order valence-electron chi connectivity index (χ4n) is 4.91. The fourth-order valence-corrected chi connectivity index (χ4v) is 6.25. The maximum Gasteiger partial charge on any atom is 0.323 e. The predicted molar refractivity (Wildman–Crippen MR) is 134 cm³/mol. The highest BCUT2D eigenvalue weighted by Gasteiger charge is 2.47. The maximum atomic E-state index is 12.9. The number of nitrogens with one attached hydrogen (secondary N) is 2. The molecular weight excluding hydrogens is 474 g/mol. The van der Waals surface area contributed by atoms with Gasteiger partial charge < -0.3 is 4.90 Å². The number of carbonyl (C=O) groups is 1. The van der Waals surface area contributed by atoms with E-state index < -0.39 is 10.0 Å². The third-order valence-electron chi connectivity index (χ3n) is 6.87. The molecule has 2 amide bonds. The van der Waals surface area contributed by atoms with Gasteiger partial charge in [-0.3, -0.25) is 14.7 Å². The summed E-state index contributed by atoms with van der Waals surface area (Å²) in [5.74, 6) is 0.509. The molecule has 2 N–H and O–H groups in total. The number of aromatic amines is 1. The van der Waals surface area contributed by atoms with E-state index in [4.69, 9.17) is 11.6 Å². The number of H-pyrrole nitrogens is 1. The molecule has 1 fully saturated rings. The van der Waals surface area contributed by atoms with Crippen LogP contribution in [0.2, 0.25) is 5.02 Å². The van der Waals surface area contributed by atoms with Gasteiger partial charge in [0.25, 0.3) is 0 Å². The second kappa shape index (κ2) is 8.63. The molecule has 0 aliphatic carbocycles. The van der Waals surface area contributed by atoms with Crippen molar-refractivity contribution in [2.24, 2.45) is 0 Å². The first-order chi connectivity index (χ1) is 16.3.